The molecule has 1 saturated heterocycles. The number of rotatable bonds is 3. The summed E-state index contributed by atoms with van der Waals surface area (Å²) >= 11 is 0. The summed E-state index contributed by atoms with van der Waals surface area (Å²) in [5.41, 5.74) is 7.71. The van der Waals surface area contributed by atoms with Gasteiger partial charge in [0.2, 0.25) is 15.9 Å². The molecule has 1 aliphatic carbocycles. The van der Waals surface area contributed by atoms with Gasteiger partial charge in [-0.15, -0.1) is 0 Å². The van der Waals surface area contributed by atoms with E-state index in [9.17, 15) is 13.2 Å². The molecule has 2 fully saturated rings. The number of amides is 1. The van der Waals surface area contributed by atoms with Gasteiger partial charge in [0.1, 0.15) is 0 Å². The first-order valence-corrected chi connectivity index (χ1v) is 10.1. The SMILES string of the molecule is NC1CCN(S(=O)(=O)c2ccc3c(c2)CCN3C(=O)C2CC2)CC1. The Bertz CT molecular complexity index is 765. The smallest absolute Gasteiger partial charge is 0.243 e. The van der Waals surface area contributed by atoms with Gasteiger partial charge in [0.15, 0.2) is 0 Å². The summed E-state index contributed by atoms with van der Waals surface area (Å²) in [7, 11) is -3.47. The first-order chi connectivity index (χ1) is 11.5. The van der Waals surface area contributed by atoms with Crippen LogP contribution in [0.25, 0.3) is 0 Å². The average molecular weight is 349 g/mol. The first-order valence-electron chi connectivity index (χ1n) is 8.67. The summed E-state index contributed by atoms with van der Waals surface area (Å²) in [6.45, 7) is 1.62. The lowest BCUT2D eigenvalue weighted by atomic mass is 10.1. The Morgan fingerprint density at radius 3 is 2.46 bits per heavy atom. The lowest BCUT2D eigenvalue weighted by molar-refractivity contribution is -0.119. The fraction of sp³-hybridized carbons (Fsp3) is 0.588. The van der Waals surface area contributed by atoms with E-state index >= 15 is 0 Å². The average Bonchev–Trinajstić information content (AvgIpc) is 3.33. The fourth-order valence-corrected chi connectivity index (χ4v) is 5.10. The third-order valence-corrected chi connectivity index (χ3v) is 7.17. The molecule has 3 aliphatic rings. The second-order valence-electron chi connectivity index (χ2n) is 7.05. The van der Waals surface area contributed by atoms with Crippen LogP contribution in [0.1, 0.15) is 31.2 Å². The second kappa shape index (κ2) is 5.82. The molecule has 24 heavy (non-hydrogen) atoms. The first kappa shape index (κ1) is 16.1. The van der Waals surface area contributed by atoms with E-state index in [0.717, 1.165) is 30.5 Å². The number of nitrogens with zero attached hydrogens (tertiary/aromatic N) is 2. The van der Waals surface area contributed by atoms with Crippen molar-refractivity contribution in [2.24, 2.45) is 11.7 Å². The predicted octanol–water partition coefficient (Wildman–Crippen LogP) is 1.10. The minimum atomic E-state index is -3.47. The van der Waals surface area contributed by atoms with Crippen LogP contribution in [0.2, 0.25) is 0 Å². The molecular weight excluding hydrogens is 326 g/mol. The van der Waals surface area contributed by atoms with Gasteiger partial charge in [-0.25, -0.2) is 8.42 Å². The Balaban J connectivity index is 1.58. The van der Waals surface area contributed by atoms with Gasteiger partial charge in [-0.1, -0.05) is 0 Å². The Morgan fingerprint density at radius 2 is 1.79 bits per heavy atom. The zero-order valence-electron chi connectivity index (χ0n) is 13.6. The van der Waals surface area contributed by atoms with Gasteiger partial charge >= 0.3 is 0 Å². The molecule has 0 atom stereocenters. The Labute approximate surface area is 142 Å². The van der Waals surface area contributed by atoms with E-state index in [1.165, 1.54) is 4.31 Å². The van der Waals surface area contributed by atoms with Crippen LogP contribution in [0.4, 0.5) is 5.69 Å². The van der Waals surface area contributed by atoms with Crippen LogP contribution < -0.4 is 10.6 Å². The van der Waals surface area contributed by atoms with Gasteiger partial charge < -0.3 is 10.6 Å². The summed E-state index contributed by atoms with van der Waals surface area (Å²) in [5, 5.41) is 0. The van der Waals surface area contributed by atoms with Crippen molar-refractivity contribution in [2.75, 3.05) is 24.5 Å². The van der Waals surface area contributed by atoms with E-state index in [-0.39, 0.29) is 17.9 Å². The predicted molar refractivity (Wildman–Crippen MR) is 91.2 cm³/mol. The topological polar surface area (TPSA) is 83.7 Å². The third-order valence-electron chi connectivity index (χ3n) is 5.28. The lowest BCUT2D eigenvalue weighted by Crippen LogP contribution is -2.42. The van der Waals surface area contributed by atoms with Gasteiger partial charge in [-0.05, 0) is 55.9 Å². The van der Waals surface area contributed by atoms with Crippen LogP contribution in [0.15, 0.2) is 23.1 Å². The number of benzene rings is 1. The molecule has 2 aliphatic heterocycles. The molecule has 7 heteroatoms. The van der Waals surface area contributed by atoms with Crippen molar-refractivity contribution in [3.05, 3.63) is 23.8 Å². The number of sulfonamides is 1. The van der Waals surface area contributed by atoms with Crippen LogP contribution in [-0.4, -0.2) is 44.3 Å². The summed E-state index contributed by atoms with van der Waals surface area (Å²) in [6, 6.07) is 5.28. The van der Waals surface area contributed by atoms with Crippen molar-refractivity contribution in [1.82, 2.24) is 4.31 Å². The summed E-state index contributed by atoms with van der Waals surface area (Å²) in [5.74, 6) is 0.367. The molecule has 1 saturated carbocycles. The van der Waals surface area contributed by atoms with Gasteiger partial charge in [-0.3, -0.25) is 4.79 Å². The van der Waals surface area contributed by atoms with Crippen LogP contribution in [0, 0.1) is 5.92 Å². The van der Waals surface area contributed by atoms with E-state index in [0.29, 0.717) is 37.4 Å². The van der Waals surface area contributed by atoms with Crippen molar-refractivity contribution >= 4 is 21.6 Å². The molecule has 1 amide bonds. The number of fused-ring (bicyclic) bond motifs is 1. The number of nitrogens with two attached hydrogens (primary N) is 1. The highest BCUT2D eigenvalue weighted by molar-refractivity contribution is 7.89. The largest absolute Gasteiger partial charge is 0.328 e. The minimum absolute atomic E-state index is 0.0958. The van der Waals surface area contributed by atoms with Crippen molar-refractivity contribution in [3.63, 3.8) is 0 Å². The molecular formula is C17H23N3O3S. The number of hydrogen-bond acceptors (Lipinski definition) is 4. The van der Waals surface area contributed by atoms with E-state index in [4.69, 9.17) is 5.73 Å². The normalized spacial score (nSPS) is 22.6. The molecule has 0 aromatic heterocycles. The number of carbonyl (C=O) groups excluding carboxylic acids is 1. The summed E-state index contributed by atoms with van der Waals surface area (Å²) in [6.07, 6.45) is 4.09. The second-order valence-corrected chi connectivity index (χ2v) is 8.98. The van der Waals surface area contributed by atoms with Crippen LogP contribution in [0.5, 0.6) is 0 Å². The van der Waals surface area contributed by atoms with Crippen LogP contribution in [-0.2, 0) is 21.2 Å². The van der Waals surface area contributed by atoms with E-state index in [2.05, 4.69) is 0 Å². The Kier molecular flexibility index (Phi) is 3.89. The van der Waals surface area contributed by atoms with E-state index in [1.54, 1.807) is 18.2 Å². The molecule has 0 spiro atoms. The van der Waals surface area contributed by atoms with Gasteiger partial charge in [0.25, 0.3) is 0 Å². The maximum absolute atomic E-state index is 12.8. The number of piperidine rings is 1. The van der Waals surface area contributed by atoms with Crippen LogP contribution >= 0.6 is 0 Å². The highest BCUT2D eigenvalue weighted by atomic mass is 32.2. The fourth-order valence-electron chi connectivity index (χ4n) is 3.58. The van der Waals surface area contributed by atoms with Gasteiger partial charge in [-0.2, -0.15) is 4.31 Å². The van der Waals surface area contributed by atoms with Crippen molar-refractivity contribution in [3.8, 4) is 0 Å². The monoisotopic (exact) mass is 349 g/mol. The highest BCUT2D eigenvalue weighted by Crippen LogP contribution is 2.37. The molecule has 0 bridgehead atoms. The summed E-state index contributed by atoms with van der Waals surface area (Å²) < 4.78 is 27.2. The molecule has 1 aromatic rings. The molecule has 130 valence electrons. The van der Waals surface area contributed by atoms with Gasteiger partial charge in [0.05, 0.1) is 4.90 Å². The quantitative estimate of drug-likeness (QED) is 0.886. The summed E-state index contributed by atoms with van der Waals surface area (Å²) in [4.78, 5) is 14.5. The van der Waals surface area contributed by atoms with Crippen LogP contribution in [0.3, 0.4) is 0 Å². The maximum atomic E-state index is 12.8. The minimum Gasteiger partial charge on any atom is -0.328 e. The molecule has 0 radical (unpaired) electrons. The lowest BCUT2D eigenvalue weighted by Gasteiger charge is -2.29. The molecule has 1 aromatic carbocycles. The zero-order chi connectivity index (χ0) is 16.9. The third kappa shape index (κ3) is 2.74. The number of anilines is 1. The molecule has 4 rings (SSSR count). The number of hydrogen-bond donors (Lipinski definition) is 1. The van der Waals surface area contributed by atoms with Crippen molar-refractivity contribution in [1.29, 1.82) is 0 Å². The van der Waals surface area contributed by atoms with Gasteiger partial charge in [0, 0.05) is 37.3 Å². The molecule has 2 heterocycles. The molecule has 6 nitrogen and oxygen atoms in total. The number of carbonyl (C=O) groups is 1. The van der Waals surface area contributed by atoms with E-state index in [1.807, 2.05) is 4.90 Å². The molecule has 2 N–H and O–H groups in total. The van der Waals surface area contributed by atoms with Crippen molar-refractivity contribution < 1.29 is 13.2 Å². The Hall–Kier alpha value is -1.44. The standard InChI is InChI=1S/C17H23N3O3S/c18-14-6-8-19(9-7-14)24(22,23)15-3-4-16-13(11-15)5-10-20(16)17(21)12-1-2-12/h3-4,11-12,14H,1-2,5-10,18H2. The molecule has 0 unspecified atom stereocenters. The van der Waals surface area contributed by atoms with E-state index < -0.39 is 10.0 Å². The Morgan fingerprint density at radius 1 is 1.08 bits per heavy atom. The highest BCUT2D eigenvalue weighted by Gasteiger charge is 2.37. The maximum Gasteiger partial charge on any atom is 0.243 e. The zero-order valence-corrected chi connectivity index (χ0v) is 14.5. The van der Waals surface area contributed by atoms with Crippen molar-refractivity contribution in [2.45, 2.75) is 43.0 Å².